The number of rotatable bonds is 5. The third-order valence-corrected chi connectivity index (χ3v) is 3.03. The first-order chi connectivity index (χ1) is 11.4. The summed E-state index contributed by atoms with van der Waals surface area (Å²) in [5.74, 6) is -4.91. The van der Waals surface area contributed by atoms with Crippen molar-refractivity contribution in [3.63, 3.8) is 0 Å². The largest absolute Gasteiger partial charge is 0.451 e. The van der Waals surface area contributed by atoms with Crippen molar-refractivity contribution in [3.8, 4) is 0 Å². The van der Waals surface area contributed by atoms with Crippen LogP contribution in [-0.4, -0.2) is 35.6 Å². The molecule has 1 aromatic carbocycles. The number of carbonyl (C=O) groups excluding carboxylic acids is 3. The van der Waals surface area contributed by atoms with Crippen molar-refractivity contribution in [1.82, 2.24) is 0 Å². The van der Waals surface area contributed by atoms with Crippen LogP contribution in [0.2, 0.25) is 0 Å². The van der Waals surface area contributed by atoms with Crippen LogP contribution in [0.5, 0.6) is 0 Å². The lowest BCUT2D eigenvalue weighted by molar-refractivity contribution is -0.385. The Morgan fingerprint density at radius 3 is 2.54 bits per heavy atom. The molecule has 0 spiro atoms. The maximum absolute atomic E-state index is 12.3. The average molecular weight is 357 g/mol. The maximum Gasteiger partial charge on any atom is 0.351 e. The Labute approximate surface area is 138 Å². The number of carbonyl (C=O) groups is 3. The number of halogens is 1. The van der Waals surface area contributed by atoms with Crippen molar-refractivity contribution in [2.75, 3.05) is 12.8 Å². The third kappa shape index (κ3) is 3.06. The molecule has 24 heavy (non-hydrogen) atoms. The molecule has 1 aliphatic rings. The number of hydrogen-bond donors (Lipinski definition) is 1. The molecule has 0 saturated carbocycles. The molecule has 1 aliphatic heterocycles. The van der Waals surface area contributed by atoms with Gasteiger partial charge in [0.1, 0.15) is 11.5 Å². The Kier molecular flexibility index (Phi) is 5.14. The van der Waals surface area contributed by atoms with E-state index in [2.05, 4.69) is 22.1 Å². The molecular formula is C13H8FNO8S. The molecule has 0 bridgehead atoms. The van der Waals surface area contributed by atoms with Gasteiger partial charge in [-0.15, -0.1) is 12.6 Å². The van der Waals surface area contributed by atoms with Crippen molar-refractivity contribution in [3.05, 3.63) is 45.0 Å². The first kappa shape index (κ1) is 17.4. The van der Waals surface area contributed by atoms with Crippen molar-refractivity contribution in [2.45, 2.75) is 0 Å². The molecule has 0 N–H and O–H groups in total. The van der Waals surface area contributed by atoms with E-state index >= 15 is 0 Å². The summed E-state index contributed by atoms with van der Waals surface area (Å²) in [6.07, 6.45) is 0. The second-order valence-electron chi connectivity index (χ2n) is 4.15. The zero-order valence-corrected chi connectivity index (χ0v) is 12.6. The molecular weight excluding hydrogens is 349 g/mol. The number of fused-ring (bicyclic) bond motifs is 1. The summed E-state index contributed by atoms with van der Waals surface area (Å²) in [4.78, 5) is 45.8. The molecule has 0 saturated heterocycles. The molecule has 0 atom stereocenters. The summed E-state index contributed by atoms with van der Waals surface area (Å²) >= 11 is 3.65. The van der Waals surface area contributed by atoms with Gasteiger partial charge in [-0.05, 0) is 6.07 Å². The number of esters is 3. The molecule has 0 fully saturated rings. The predicted molar refractivity (Wildman–Crippen MR) is 77.4 cm³/mol. The summed E-state index contributed by atoms with van der Waals surface area (Å²) in [5, 5.41) is 11.0. The molecule has 0 unspecified atom stereocenters. The number of cyclic esters (lactones) is 1. The van der Waals surface area contributed by atoms with Crippen molar-refractivity contribution in [2.24, 2.45) is 0 Å². The number of alkyl halides is 1. The van der Waals surface area contributed by atoms with E-state index in [9.17, 15) is 28.9 Å². The highest BCUT2D eigenvalue weighted by Crippen LogP contribution is 2.37. The Bertz CT molecular complexity index is 755. The normalized spacial score (nSPS) is 14.5. The lowest BCUT2D eigenvalue weighted by Crippen LogP contribution is -2.20. The zero-order chi connectivity index (χ0) is 17.9. The van der Waals surface area contributed by atoms with Crippen molar-refractivity contribution < 1.29 is 37.9 Å². The van der Waals surface area contributed by atoms with Gasteiger partial charge in [0.15, 0.2) is 11.3 Å². The van der Waals surface area contributed by atoms with Crippen LogP contribution in [-0.2, 0) is 23.8 Å². The van der Waals surface area contributed by atoms with Crippen LogP contribution in [0.1, 0.15) is 15.9 Å². The summed E-state index contributed by atoms with van der Waals surface area (Å²) < 4.78 is 25.7. The third-order valence-electron chi connectivity index (χ3n) is 2.90. The van der Waals surface area contributed by atoms with Gasteiger partial charge in [-0.1, -0.05) is 6.07 Å². The van der Waals surface area contributed by atoms with Gasteiger partial charge >= 0.3 is 17.9 Å². The summed E-state index contributed by atoms with van der Waals surface area (Å²) in [7, 11) is 0. The number of nitro benzene ring substituents is 1. The van der Waals surface area contributed by atoms with Crippen LogP contribution >= 0.6 is 12.6 Å². The number of hydrogen-bond acceptors (Lipinski definition) is 9. The van der Waals surface area contributed by atoms with E-state index in [1.54, 1.807) is 0 Å². The molecule has 2 rings (SSSR count). The lowest BCUT2D eigenvalue weighted by Gasteiger charge is -2.08. The van der Waals surface area contributed by atoms with Crippen molar-refractivity contribution >= 4 is 42.0 Å². The van der Waals surface area contributed by atoms with Crippen LogP contribution in [0.3, 0.4) is 0 Å². The fraction of sp³-hybridized carbons (Fsp3) is 0.154. The van der Waals surface area contributed by atoms with E-state index in [1.165, 1.54) is 12.1 Å². The smallest absolute Gasteiger partial charge is 0.351 e. The Morgan fingerprint density at radius 1 is 1.29 bits per heavy atom. The van der Waals surface area contributed by atoms with Gasteiger partial charge in [0.25, 0.3) is 5.69 Å². The Balaban J connectivity index is 2.69. The van der Waals surface area contributed by atoms with Crippen LogP contribution in [0, 0.1) is 10.1 Å². The second kappa shape index (κ2) is 7.08. The zero-order valence-electron chi connectivity index (χ0n) is 11.7. The lowest BCUT2D eigenvalue weighted by atomic mass is 10.0. The summed E-state index contributed by atoms with van der Waals surface area (Å²) in [5.41, 5.74) is -2.11. The van der Waals surface area contributed by atoms with Crippen LogP contribution in [0.15, 0.2) is 23.8 Å². The van der Waals surface area contributed by atoms with Gasteiger partial charge < -0.3 is 14.2 Å². The summed E-state index contributed by atoms with van der Waals surface area (Å²) in [6, 6.07) is 3.49. The molecule has 0 aliphatic carbocycles. The minimum absolute atomic E-state index is 0.184. The quantitative estimate of drug-likeness (QED) is 0.0965. The van der Waals surface area contributed by atoms with E-state index in [0.29, 0.717) is 0 Å². The molecule has 11 heteroatoms. The van der Waals surface area contributed by atoms with E-state index < -0.39 is 58.2 Å². The molecule has 0 radical (unpaired) electrons. The van der Waals surface area contributed by atoms with Gasteiger partial charge in [-0.3, -0.25) is 10.1 Å². The van der Waals surface area contributed by atoms with Crippen LogP contribution in [0.4, 0.5) is 10.1 Å². The van der Waals surface area contributed by atoms with E-state index in [-0.39, 0.29) is 5.56 Å². The fourth-order valence-corrected chi connectivity index (χ4v) is 2.12. The van der Waals surface area contributed by atoms with Crippen molar-refractivity contribution in [1.29, 1.82) is 0 Å². The van der Waals surface area contributed by atoms with E-state index in [0.717, 1.165) is 6.07 Å². The molecule has 9 nitrogen and oxygen atoms in total. The SMILES string of the molecule is O=C(OCF)/C(C(=O)OCS)=C1/OC(=O)c2c1cccc2[N+](=O)[O-]. The molecule has 1 aromatic rings. The Morgan fingerprint density at radius 2 is 1.96 bits per heavy atom. The predicted octanol–water partition coefficient (Wildman–Crippen LogP) is 1.38. The minimum Gasteiger partial charge on any atom is -0.451 e. The van der Waals surface area contributed by atoms with Crippen LogP contribution in [0.25, 0.3) is 5.76 Å². The van der Waals surface area contributed by atoms with E-state index in [1.807, 2.05) is 0 Å². The number of ether oxygens (including phenoxy) is 3. The maximum atomic E-state index is 12.3. The highest BCUT2D eigenvalue weighted by atomic mass is 32.1. The fourth-order valence-electron chi connectivity index (χ4n) is 2.00. The van der Waals surface area contributed by atoms with Gasteiger partial charge in [0.05, 0.1) is 4.92 Å². The Hall–Kier alpha value is -2.95. The van der Waals surface area contributed by atoms with Crippen LogP contribution < -0.4 is 0 Å². The molecule has 126 valence electrons. The van der Waals surface area contributed by atoms with Gasteiger partial charge in [-0.25, -0.2) is 18.8 Å². The van der Waals surface area contributed by atoms with E-state index in [4.69, 9.17) is 4.74 Å². The first-order valence-electron chi connectivity index (χ1n) is 6.17. The number of benzene rings is 1. The topological polar surface area (TPSA) is 122 Å². The first-order valence-corrected chi connectivity index (χ1v) is 6.80. The number of nitro groups is 1. The standard InChI is InChI=1S/C13H8FNO8S/c14-4-21-11(16)9(12(17)22-5-24)10-6-2-1-3-7(15(19)20)8(6)13(18)23-10/h1-3,24H,4-5H2/b10-9-. The highest BCUT2D eigenvalue weighted by Gasteiger charge is 2.40. The molecule has 1 heterocycles. The number of thiol groups is 1. The van der Waals surface area contributed by atoms with Gasteiger partial charge in [0.2, 0.25) is 6.86 Å². The number of nitrogens with zero attached hydrogens (tertiary/aromatic N) is 1. The second-order valence-corrected chi connectivity index (χ2v) is 4.41. The summed E-state index contributed by atoms with van der Waals surface area (Å²) in [6.45, 7) is -1.54. The average Bonchev–Trinajstić information content (AvgIpc) is 2.85. The molecule has 0 amide bonds. The van der Waals surface area contributed by atoms with Gasteiger partial charge in [0, 0.05) is 11.6 Å². The monoisotopic (exact) mass is 357 g/mol. The highest BCUT2D eigenvalue weighted by molar-refractivity contribution is 7.80. The molecule has 0 aromatic heterocycles. The van der Waals surface area contributed by atoms with Gasteiger partial charge in [-0.2, -0.15) is 0 Å². The minimum atomic E-state index is -1.54.